The van der Waals surface area contributed by atoms with Gasteiger partial charge in [0.1, 0.15) is 16.8 Å². The smallest absolute Gasteiger partial charge is 0.422 e. The van der Waals surface area contributed by atoms with Crippen molar-refractivity contribution in [2.24, 2.45) is 0 Å². The van der Waals surface area contributed by atoms with Gasteiger partial charge >= 0.3 is 6.18 Å². The van der Waals surface area contributed by atoms with Crippen molar-refractivity contribution in [3.63, 3.8) is 0 Å². The molecule has 0 saturated heterocycles. The molecule has 2 rings (SSSR count). The Morgan fingerprint density at radius 1 is 1.36 bits per heavy atom. The number of nitriles is 1. The van der Waals surface area contributed by atoms with Gasteiger partial charge in [0.15, 0.2) is 6.61 Å². The fraction of sp³-hybridized carbons (Fsp3) is 0.278. The number of hydrogen-bond donors (Lipinski definition) is 1. The second-order valence-corrected chi connectivity index (χ2v) is 6.27. The van der Waals surface area contributed by atoms with E-state index in [0.717, 1.165) is 0 Å². The minimum absolute atomic E-state index is 0.136. The molecule has 1 aromatic carbocycles. The van der Waals surface area contributed by atoms with E-state index < -0.39 is 18.7 Å². The summed E-state index contributed by atoms with van der Waals surface area (Å²) in [6, 6.07) is 6.78. The third-order valence-corrected chi connectivity index (χ3v) is 3.44. The van der Waals surface area contributed by atoms with Crippen LogP contribution < -0.4 is 14.8 Å². The third kappa shape index (κ3) is 6.03. The van der Waals surface area contributed by atoms with Crippen molar-refractivity contribution in [1.82, 2.24) is 4.98 Å². The summed E-state index contributed by atoms with van der Waals surface area (Å²) < 4.78 is 46.7. The van der Waals surface area contributed by atoms with Crippen molar-refractivity contribution in [2.75, 3.05) is 11.9 Å². The Labute approximate surface area is 163 Å². The highest BCUT2D eigenvalue weighted by atomic mass is 35.5. The number of rotatable bonds is 6. The molecule has 0 radical (unpaired) electrons. The Morgan fingerprint density at radius 2 is 2.07 bits per heavy atom. The Hall–Kier alpha value is -2.99. The molecule has 1 aromatic heterocycles. The number of nitrogens with one attached hydrogen (secondary N) is 1. The van der Waals surface area contributed by atoms with Crippen LogP contribution in [0.25, 0.3) is 0 Å². The topological polar surface area (TPSA) is 84.2 Å². The van der Waals surface area contributed by atoms with E-state index >= 15 is 0 Å². The average Bonchev–Trinajstić information content (AvgIpc) is 2.61. The van der Waals surface area contributed by atoms with E-state index in [2.05, 4.69) is 15.0 Å². The summed E-state index contributed by atoms with van der Waals surface area (Å²) in [5.74, 6) is -0.623. The quantitative estimate of drug-likeness (QED) is 0.748. The summed E-state index contributed by atoms with van der Waals surface area (Å²) in [7, 11) is 0. The summed E-state index contributed by atoms with van der Waals surface area (Å²) in [4.78, 5) is 16.3. The van der Waals surface area contributed by atoms with Gasteiger partial charge < -0.3 is 14.8 Å². The van der Waals surface area contributed by atoms with Gasteiger partial charge in [0, 0.05) is 11.9 Å². The maximum Gasteiger partial charge on any atom is 0.422 e. The number of halogens is 4. The second kappa shape index (κ2) is 8.80. The second-order valence-electron chi connectivity index (χ2n) is 5.86. The molecule has 10 heteroatoms. The van der Waals surface area contributed by atoms with Crippen LogP contribution in [-0.4, -0.2) is 29.8 Å². The van der Waals surface area contributed by atoms with E-state index in [4.69, 9.17) is 21.6 Å². The third-order valence-electron chi connectivity index (χ3n) is 3.17. The van der Waals surface area contributed by atoms with Crippen molar-refractivity contribution in [3.8, 4) is 17.7 Å². The van der Waals surface area contributed by atoms with Crippen LogP contribution in [0.5, 0.6) is 11.6 Å². The van der Waals surface area contributed by atoms with Gasteiger partial charge in [0.2, 0.25) is 5.88 Å². The molecule has 1 heterocycles. The van der Waals surface area contributed by atoms with Gasteiger partial charge in [-0.15, -0.1) is 0 Å². The molecule has 0 aliphatic carbocycles. The first-order valence-electron chi connectivity index (χ1n) is 7.96. The van der Waals surface area contributed by atoms with Crippen LogP contribution in [0.15, 0.2) is 30.5 Å². The Bertz CT molecular complexity index is 911. The molecular weight excluding hydrogens is 399 g/mol. The number of hydrogen-bond acceptors (Lipinski definition) is 5. The monoisotopic (exact) mass is 413 g/mol. The van der Waals surface area contributed by atoms with E-state index in [1.807, 2.05) is 0 Å². The molecule has 6 nitrogen and oxygen atoms in total. The summed E-state index contributed by atoms with van der Waals surface area (Å²) in [6.07, 6.45) is -3.41. The van der Waals surface area contributed by atoms with Gasteiger partial charge in [-0.25, -0.2) is 4.98 Å². The highest BCUT2D eigenvalue weighted by molar-refractivity contribution is 6.32. The highest BCUT2D eigenvalue weighted by Gasteiger charge is 2.29. The number of amides is 1. The molecule has 2 aromatic rings. The van der Waals surface area contributed by atoms with Gasteiger partial charge in [-0.05, 0) is 38.1 Å². The lowest BCUT2D eigenvalue weighted by atomic mass is 10.2. The van der Waals surface area contributed by atoms with Crippen LogP contribution in [0.1, 0.15) is 29.8 Å². The van der Waals surface area contributed by atoms with Crippen molar-refractivity contribution in [1.29, 1.82) is 5.26 Å². The molecule has 0 aliphatic rings. The van der Waals surface area contributed by atoms with E-state index in [1.165, 1.54) is 30.5 Å². The fourth-order valence-electron chi connectivity index (χ4n) is 2.04. The molecule has 28 heavy (non-hydrogen) atoms. The zero-order valence-corrected chi connectivity index (χ0v) is 15.6. The number of benzene rings is 1. The molecule has 0 unspecified atom stereocenters. The molecule has 0 atom stereocenters. The molecule has 0 spiro atoms. The lowest BCUT2D eigenvalue weighted by Gasteiger charge is -2.12. The molecular formula is C18H15ClF3N3O3. The van der Waals surface area contributed by atoms with Crippen LogP contribution in [-0.2, 0) is 0 Å². The first-order chi connectivity index (χ1) is 13.1. The molecule has 1 amide bonds. The first-order valence-corrected chi connectivity index (χ1v) is 8.34. The standard InChI is InChI=1S/C18H15ClF3N3O3/c1-10(2)28-17-14(19)6-12(8-24-17)16(26)25-13-3-4-15(11(5-13)7-23)27-9-18(20,21)22/h3-6,8,10H,9H2,1-2H3,(H,25,26). The van der Waals surface area contributed by atoms with Crippen molar-refractivity contribution in [2.45, 2.75) is 26.1 Å². The van der Waals surface area contributed by atoms with Gasteiger partial charge in [-0.3, -0.25) is 4.79 Å². The van der Waals surface area contributed by atoms with Gasteiger partial charge in [0.25, 0.3) is 5.91 Å². The summed E-state index contributed by atoms with van der Waals surface area (Å²) >= 11 is 6.04. The molecule has 0 fully saturated rings. The average molecular weight is 414 g/mol. The number of carbonyl (C=O) groups excluding carboxylic acids is 1. The van der Waals surface area contributed by atoms with Crippen molar-refractivity contribution >= 4 is 23.2 Å². The van der Waals surface area contributed by atoms with Gasteiger partial charge in [-0.1, -0.05) is 11.6 Å². The van der Waals surface area contributed by atoms with Crippen molar-refractivity contribution in [3.05, 3.63) is 46.6 Å². The summed E-state index contributed by atoms with van der Waals surface area (Å²) in [5, 5.41) is 11.8. The fourth-order valence-corrected chi connectivity index (χ4v) is 2.25. The van der Waals surface area contributed by atoms with Crippen LogP contribution in [0.4, 0.5) is 18.9 Å². The van der Waals surface area contributed by atoms with E-state index in [1.54, 1.807) is 19.9 Å². The number of anilines is 1. The SMILES string of the molecule is CC(C)Oc1ncc(C(=O)Nc2ccc(OCC(F)(F)F)c(C#N)c2)cc1Cl. The maximum atomic E-state index is 12.3. The highest BCUT2D eigenvalue weighted by Crippen LogP contribution is 2.26. The Kier molecular flexibility index (Phi) is 6.70. The number of carbonyl (C=O) groups is 1. The van der Waals surface area contributed by atoms with Crippen LogP contribution in [0, 0.1) is 11.3 Å². The normalized spacial score (nSPS) is 11.1. The minimum atomic E-state index is -4.53. The largest absolute Gasteiger partial charge is 0.483 e. The lowest BCUT2D eigenvalue weighted by molar-refractivity contribution is -0.153. The van der Waals surface area contributed by atoms with E-state index in [0.29, 0.717) is 0 Å². The molecule has 0 bridgehead atoms. The minimum Gasteiger partial charge on any atom is -0.483 e. The van der Waals surface area contributed by atoms with E-state index in [9.17, 15) is 18.0 Å². The van der Waals surface area contributed by atoms with Crippen LogP contribution >= 0.6 is 11.6 Å². The Morgan fingerprint density at radius 3 is 2.64 bits per heavy atom. The summed E-state index contributed by atoms with van der Waals surface area (Å²) in [6.45, 7) is 2.07. The number of pyridine rings is 1. The number of alkyl halides is 3. The zero-order chi connectivity index (χ0) is 20.9. The number of ether oxygens (including phenoxy) is 2. The molecule has 0 aliphatic heterocycles. The maximum absolute atomic E-state index is 12.3. The Balaban J connectivity index is 2.13. The molecule has 1 N–H and O–H groups in total. The molecule has 0 saturated carbocycles. The first kappa shape index (κ1) is 21.3. The van der Waals surface area contributed by atoms with Gasteiger partial charge in [0.05, 0.1) is 17.2 Å². The van der Waals surface area contributed by atoms with E-state index in [-0.39, 0.29) is 39.6 Å². The lowest BCUT2D eigenvalue weighted by Crippen LogP contribution is -2.19. The van der Waals surface area contributed by atoms with Crippen LogP contribution in [0.3, 0.4) is 0 Å². The zero-order valence-electron chi connectivity index (χ0n) is 14.8. The summed E-state index contributed by atoms with van der Waals surface area (Å²) in [5.41, 5.74) is 0.176. The van der Waals surface area contributed by atoms with Crippen LogP contribution in [0.2, 0.25) is 5.02 Å². The number of nitrogens with zero attached hydrogens (tertiary/aromatic N) is 2. The predicted octanol–water partition coefficient (Wildman–Crippen LogP) is 4.59. The number of aromatic nitrogens is 1. The van der Waals surface area contributed by atoms with Crippen molar-refractivity contribution < 1.29 is 27.4 Å². The molecule has 148 valence electrons. The van der Waals surface area contributed by atoms with Gasteiger partial charge in [-0.2, -0.15) is 18.4 Å². The predicted molar refractivity (Wildman–Crippen MR) is 95.7 cm³/mol.